The molecule has 3 nitrogen and oxygen atoms in total. The molecule has 0 amide bonds. The molecule has 1 aliphatic heterocycles. The van der Waals surface area contributed by atoms with Crippen LogP contribution in [0.15, 0.2) is 0 Å². The van der Waals surface area contributed by atoms with E-state index in [1.54, 1.807) is 0 Å². The van der Waals surface area contributed by atoms with Crippen LogP contribution in [0.5, 0.6) is 0 Å². The van der Waals surface area contributed by atoms with E-state index in [9.17, 15) is 0 Å². The first-order valence-electron chi connectivity index (χ1n) is 1.99. The summed E-state index contributed by atoms with van der Waals surface area (Å²) < 4.78 is 0. The Morgan fingerprint density at radius 1 is 1.67 bits per heavy atom. The van der Waals surface area contributed by atoms with Crippen LogP contribution in [-0.2, 0) is 4.84 Å². The van der Waals surface area contributed by atoms with E-state index in [2.05, 4.69) is 15.6 Å². The minimum atomic E-state index is 0.583. The first-order valence-corrected chi connectivity index (χ1v) is 1.99. The molecular formula is C3H7N2O. The monoisotopic (exact) mass is 87.1 g/mol. The number of nitrogens with one attached hydrogen (secondary N) is 1. The van der Waals surface area contributed by atoms with E-state index < -0.39 is 0 Å². The molecule has 0 aromatic carbocycles. The van der Waals surface area contributed by atoms with Gasteiger partial charge < -0.3 is 0 Å². The van der Waals surface area contributed by atoms with Crippen molar-refractivity contribution >= 4 is 0 Å². The van der Waals surface area contributed by atoms with Crippen LogP contribution < -0.4 is 10.8 Å². The lowest BCUT2D eigenvalue weighted by atomic mass is 10.6. The van der Waals surface area contributed by atoms with Crippen LogP contribution in [0.3, 0.4) is 0 Å². The predicted octanol–water partition coefficient (Wildman–Crippen LogP) is -0.917. The van der Waals surface area contributed by atoms with Gasteiger partial charge in [-0.3, -0.25) is 10.2 Å². The normalized spacial score (nSPS) is 24.0. The second-order valence-corrected chi connectivity index (χ2v) is 1.13. The lowest BCUT2D eigenvalue weighted by Gasteiger charge is -2.09. The van der Waals surface area contributed by atoms with E-state index >= 15 is 0 Å². The molecule has 3 heteroatoms. The molecular weight excluding hydrogens is 80.0 g/mol. The molecule has 0 atom stereocenters. The summed E-state index contributed by atoms with van der Waals surface area (Å²) in [6, 6.07) is 0. The van der Waals surface area contributed by atoms with Gasteiger partial charge in [0.15, 0.2) is 0 Å². The Balaban J connectivity index is 2.00. The van der Waals surface area contributed by atoms with E-state index in [0.717, 1.165) is 13.1 Å². The Morgan fingerprint density at radius 2 is 2.67 bits per heavy atom. The van der Waals surface area contributed by atoms with Crippen molar-refractivity contribution < 1.29 is 4.84 Å². The molecule has 0 saturated carbocycles. The van der Waals surface area contributed by atoms with Gasteiger partial charge in [-0.2, -0.15) is 0 Å². The van der Waals surface area contributed by atoms with Gasteiger partial charge in [-0.25, -0.2) is 0 Å². The Kier molecular flexibility index (Phi) is 1.43. The largest absolute Gasteiger partial charge is 0.292 e. The molecule has 6 heavy (non-hydrogen) atoms. The van der Waals surface area contributed by atoms with E-state index in [1.807, 2.05) is 0 Å². The summed E-state index contributed by atoms with van der Waals surface area (Å²) >= 11 is 0. The zero-order chi connectivity index (χ0) is 4.24. The lowest BCUT2D eigenvalue weighted by Crippen LogP contribution is -2.33. The summed E-state index contributed by atoms with van der Waals surface area (Å²) in [5.74, 6) is 0. The molecule has 0 unspecified atom stereocenters. The lowest BCUT2D eigenvalue weighted by molar-refractivity contribution is -0.00427. The van der Waals surface area contributed by atoms with Gasteiger partial charge in [-0.05, 0) is 0 Å². The quantitative estimate of drug-likeness (QED) is 0.415. The van der Waals surface area contributed by atoms with Crippen molar-refractivity contribution in [3.63, 3.8) is 0 Å². The highest BCUT2D eigenvalue weighted by Crippen LogP contribution is 1.71. The smallest absolute Gasteiger partial charge is 0.120 e. The van der Waals surface area contributed by atoms with Crippen LogP contribution in [0.1, 0.15) is 0 Å². The number of hydroxylamine groups is 1. The zero-order valence-electron chi connectivity index (χ0n) is 3.48. The summed E-state index contributed by atoms with van der Waals surface area (Å²) in [7, 11) is 0. The second kappa shape index (κ2) is 2.12. The zero-order valence-corrected chi connectivity index (χ0v) is 3.48. The van der Waals surface area contributed by atoms with Crippen molar-refractivity contribution in [3.05, 3.63) is 0 Å². The minimum absolute atomic E-state index is 0.583. The fourth-order valence-corrected chi connectivity index (χ4v) is 0.353. The average Bonchev–Trinajstić information content (AvgIpc) is 1.72. The van der Waals surface area contributed by atoms with E-state index in [4.69, 9.17) is 0 Å². The van der Waals surface area contributed by atoms with Crippen molar-refractivity contribution in [1.82, 2.24) is 10.8 Å². The Bertz CT molecular complexity index is 24.3. The highest BCUT2D eigenvalue weighted by Gasteiger charge is 1.93. The Morgan fingerprint density at radius 3 is 2.83 bits per heavy atom. The molecule has 0 bridgehead atoms. The maximum Gasteiger partial charge on any atom is 0.120 e. The van der Waals surface area contributed by atoms with Crippen LogP contribution in [-0.4, -0.2) is 19.8 Å². The van der Waals surface area contributed by atoms with E-state index in [-0.39, 0.29) is 0 Å². The average molecular weight is 87.1 g/mol. The van der Waals surface area contributed by atoms with Gasteiger partial charge in [-0.1, -0.05) is 5.48 Å². The Hall–Kier alpha value is -0.120. The minimum Gasteiger partial charge on any atom is -0.292 e. The summed E-state index contributed by atoms with van der Waals surface area (Å²) in [5.41, 5.74) is 3.61. The highest BCUT2D eigenvalue weighted by molar-refractivity contribution is 4.43. The first kappa shape index (κ1) is 4.05. The number of nitrogens with zero attached hydrogens (tertiary/aromatic N) is 1. The molecule has 1 aliphatic rings. The van der Waals surface area contributed by atoms with Crippen LogP contribution >= 0.6 is 0 Å². The summed E-state index contributed by atoms with van der Waals surface area (Å²) in [6.45, 7) is 2.33. The molecule has 35 valence electrons. The van der Waals surface area contributed by atoms with Crippen LogP contribution in [0.4, 0.5) is 0 Å². The second-order valence-electron chi connectivity index (χ2n) is 1.13. The SMILES string of the molecule is C1CNCO[N]1. The summed E-state index contributed by atoms with van der Waals surface area (Å²) in [5, 5.41) is 2.97. The van der Waals surface area contributed by atoms with Gasteiger partial charge in [-0.15, -0.1) is 0 Å². The predicted molar refractivity (Wildman–Crippen MR) is 21.0 cm³/mol. The van der Waals surface area contributed by atoms with Gasteiger partial charge in [0.2, 0.25) is 0 Å². The van der Waals surface area contributed by atoms with Gasteiger partial charge in [0.1, 0.15) is 6.73 Å². The molecule has 0 spiro atoms. The Labute approximate surface area is 36.6 Å². The van der Waals surface area contributed by atoms with Crippen molar-refractivity contribution in [2.75, 3.05) is 19.8 Å². The molecule has 0 aromatic rings. The molecule has 1 radical (unpaired) electrons. The summed E-state index contributed by atoms with van der Waals surface area (Å²) in [6.07, 6.45) is 0. The van der Waals surface area contributed by atoms with Gasteiger partial charge in [0.25, 0.3) is 0 Å². The number of rotatable bonds is 0. The highest BCUT2D eigenvalue weighted by atomic mass is 16.7. The van der Waals surface area contributed by atoms with Gasteiger partial charge in [0, 0.05) is 6.54 Å². The van der Waals surface area contributed by atoms with Crippen LogP contribution in [0.2, 0.25) is 0 Å². The van der Waals surface area contributed by atoms with E-state index in [1.165, 1.54) is 0 Å². The van der Waals surface area contributed by atoms with E-state index in [0.29, 0.717) is 6.73 Å². The summed E-state index contributed by atoms with van der Waals surface area (Å²) in [4.78, 5) is 4.58. The van der Waals surface area contributed by atoms with Gasteiger partial charge >= 0.3 is 0 Å². The van der Waals surface area contributed by atoms with Crippen LogP contribution in [0.25, 0.3) is 0 Å². The molecule has 1 saturated heterocycles. The fraction of sp³-hybridized carbons (Fsp3) is 1.00. The molecule has 1 fully saturated rings. The van der Waals surface area contributed by atoms with Crippen molar-refractivity contribution in [3.8, 4) is 0 Å². The first-order chi connectivity index (χ1) is 3.00. The maximum absolute atomic E-state index is 4.58. The van der Waals surface area contributed by atoms with Crippen LogP contribution in [0, 0.1) is 0 Å². The third-order valence-corrected chi connectivity index (χ3v) is 0.638. The van der Waals surface area contributed by atoms with Crippen molar-refractivity contribution in [2.24, 2.45) is 0 Å². The maximum atomic E-state index is 4.58. The molecule has 1 heterocycles. The molecule has 0 aliphatic carbocycles. The van der Waals surface area contributed by atoms with Gasteiger partial charge in [0.05, 0.1) is 6.54 Å². The third kappa shape index (κ3) is 0.931. The molecule has 1 rings (SSSR count). The third-order valence-electron chi connectivity index (χ3n) is 0.638. The van der Waals surface area contributed by atoms with Crippen molar-refractivity contribution in [2.45, 2.75) is 0 Å². The number of hydrogen-bond acceptors (Lipinski definition) is 2. The standard InChI is InChI=1S/C3H7N2O/c1-2-5-6-3-4-1/h4H,1-3H2. The number of hydrogen-bond donors (Lipinski definition) is 1. The molecule has 0 aromatic heterocycles. The fourth-order valence-electron chi connectivity index (χ4n) is 0.353. The topological polar surface area (TPSA) is 35.4 Å². The van der Waals surface area contributed by atoms with Crippen molar-refractivity contribution in [1.29, 1.82) is 0 Å². The molecule has 1 N–H and O–H groups in total.